The molecule has 2 heterocycles. The maximum atomic E-state index is 13.5. The van der Waals surface area contributed by atoms with Crippen molar-refractivity contribution in [2.45, 2.75) is 19.2 Å². The quantitative estimate of drug-likeness (QED) is 0.211. The molecule has 1 aliphatic heterocycles. The van der Waals surface area contributed by atoms with Crippen LogP contribution in [0, 0.1) is 5.82 Å². The summed E-state index contributed by atoms with van der Waals surface area (Å²) in [7, 11) is 0. The lowest BCUT2D eigenvalue weighted by Gasteiger charge is -2.25. The fraction of sp³-hybridized carbons (Fsp3) is 0.100. The van der Waals surface area contributed by atoms with E-state index in [1.807, 2.05) is 36.4 Å². The predicted molar refractivity (Wildman–Crippen MR) is 136 cm³/mol. The highest BCUT2D eigenvalue weighted by Gasteiger charge is 2.46. The van der Waals surface area contributed by atoms with E-state index in [0.29, 0.717) is 17.9 Å². The number of carbonyl (C=O) groups excluding carboxylic acids is 2. The van der Waals surface area contributed by atoms with Crippen LogP contribution in [0.25, 0.3) is 5.76 Å². The number of hydrogen-bond acceptors (Lipinski definition) is 5. The number of halogens is 1. The third-order valence-corrected chi connectivity index (χ3v) is 6.18. The predicted octanol–water partition coefficient (Wildman–Crippen LogP) is 5.42. The summed E-state index contributed by atoms with van der Waals surface area (Å²) < 4.78 is 19.4. The average Bonchev–Trinajstić information content (AvgIpc) is 3.18. The Balaban J connectivity index is 1.51. The second kappa shape index (κ2) is 10.5. The molecule has 1 saturated heterocycles. The van der Waals surface area contributed by atoms with Gasteiger partial charge in [0.1, 0.15) is 23.9 Å². The van der Waals surface area contributed by atoms with Gasteiger partial charge in [0.15, 0.2) is 0 Å². The number of likely N-dealkylation sites (tertiary alicyclic amines) is 1. The van der Waals surface area contributed by atoms with Crippen molar-refractivity contribution in [2.75, 3.05) is 0 Å². The summed E-state index contributed by atoms with van der Waals surface area (Å²) >= 11 is 0. The number of aliphatic hydroxyl groups is 1. The van der Waals surface area contributed by atoms with Gasteiger partial charge in [-0.1, -0.05) is 48.5 Å². The van der Waals surface area contributed by atoms with Crippen LogP contribution in [0.15, 0.2) is 109 Å². The van der Waals surface area contributed by atoms with Crippen LogP contribution >= 0.6 is 0 Å². The van der Waals surface area contributed by atoms with Crippen LogP contribution in [0.5, 0.6) is 5.75 Å². The molecule has 0 bridgehead atoms. The minimum absolute atomic E-state index is 0.0570. The van der Waals surface area contributed by atoms with Gasteiger partial charge in [0.05, 0.1) is 11.6 Å². The summed E-state index contributed by atoms with van der Waals surface area (Å²) in [6.45, 7) is 0.514. The van der Waals surface area contributed by atoms with Gasteiger partial charge in [0, 0.05) is 24.5 Å². The second-order valence-corrected chi connectivity index (χ2v) is 8.64. The van der Waals surface area contributed by atoms with E-state index in [1.54, 1.807) is 42.7 Å². The number of amides is 1. The fourth-order valence-corrected chi connectivity index (χ4v) is 4.33. The van der Waals surface area contributed by atoms with Gasteiger partial charge in [-0.3, -0.25) is 14.6 Å². The van der Waals surface area contributed by atoms with Gasteiger partial charge in [-0.2, -0.15) is 0 Å². The van der Waals surface area contributed by atoms with Crippen LogP contribution in [-0.2, 0) is 22.7 Å². The Bertz CT molecular complexity index is 1440. The van der Waals surface area contributed by atoms with Crippen molar-refractivity contribution >= 4 is 17.4 Å². The van der Waals surface area contributed by atoms with Gasteiger partial charge in [-0.25, -0.2) is 4.39 Å². The second-order valence-electron chi connectivity index (χ2n) is 8.64. The number of aromatic nitrogens is 1. The Morgan fingerprint density at radius 2 is 1.59 bits per heavy atom. The van der Waals surface area contributed by atoms with Crippen LogP contribution < -0.4 is 4.74 Å². The Labute approximate surface area is 213 Å². The summed E-state index contributed by atoms with van der Waals surface area (Å²) in [4.78, 5) is 31.8. The highest BCUT2D eigenvalue weighted by molar-refractivity contribution is 6.46. The lowest BCUT2D eigenvalue weighted by Crippen LogP contribution is -2.29. The molecule has 1 atom stereocenters. The molecule has 0 aliphatic carbocycles. The Morgan fingerprint density at radius 3 is 2.27 bits per heavy atom. The zero-order valence-electron chi connectivity index (χ0n) is 19.8. The van der Waals surface area contributed by atoms with Crippen LogP contribution in [-0.4, -0.2) is 26.7 Å². The van der Waals surface area contributed by atoms with Gasteiger partial charge < -0.3 is 14.7 Å². The highest BCUT2D eigenvalue weighted by Crippen LogP contribution is 2.40. The van der Waals surface area contributed by atoms with E-state index in [1.165, 1.54) is 29.2 Å². The maximum Gasteiger partial charge on any atom is 0.295 e. The monoisotopic (exact) mass is 494 g/mol. The topological polar surface area (TPSA) is 79.7 Å². The molecule has 1 unspecified atom stereocenters. The molecule has 1 amide bonds. The summed E-state index contributed by atoms with van der Waals surface area (Å²) in [6, 6.07) is 24.6. The molecule has 1 N–H and O–H groups in total. The largest absolute Gasteiger partial charge is 0.507 e. The number of nitrogens with zero attached hydrogens (tertiary/aromatic N) is 2. The molecule has 3 aromatic carbocycles. The van der Waals surface area contributed by atoms with Crippen LogP contribution in [0.1, 0.15) is 28.3 Å². The number of ether oxygens (including phenoxy) is 1. The average molecular weight is 495 g/mol. The number of hydrogen-bond donors (Lipinski definition) is 1. The summed E-state index contributed by atoms with van der Waals surface area (Å²) in [5.74, 6) is -1.75. The van der Waals surface area contributed by atoms with Crippen molar-refractivity contribution in [2.24, 2.45) is 0 Å². The first-order valence-corrected chi connectivity index (χ1v) is 11.7. The molecule has 1 fully saturated rings. The highest BCUT2D eigenvalue weighted by atomic mass is 19.1. The summed E-state index contributed by atoms with van der Waals surface area (Å²) in [5.41, 5.74) is 2.57. The molecule has 6 nitrogen and oxygen atoms in total. The first-order chi connectivity index (χ1) is 18.0. The Kier molecular flexibility index (Phi) is 6.76. The van der Waals surface area contributed by atoms with Crippen molar-refractivity contribution in [3.63, 3.8) is 0 Å². The molecule has 1 aliphatic rings. The number of benzene rings is 3. The smallest absolute Gasteiger partial charge is 0.295 e. The lowest BCUT2D eigenvalue weighted by molar-refractivity contribution is -0.140. The van der Waals surface area contributed by atoms with Gasteiger partial charge in [-0.15, -0.1) is 0 Å². The molecule has 0 spiro atoms. The van der Waals surface area contributed by atoms with Gasteiger partial charge in [-0.05, 0) is 59.2 Å². The van der Waals surface area contributed by atoms with Crippen molar-refractivity contribution in [1.29, 1.82) is 0 Å². The van der Waals surface area contributed by atoms with Gasteiger partial charge in [0.25, 0.3) is 11.7 Å². The van der Waals surface area contributed by atoms with E-state index in [4.69, 9.17) is 4.74 Å². The SMILES string of the molecule is O=C1C(=O)N(Cc2cccnc2)C(c2ccc(OCc3ccccc3)cc2)C1=C(O)c1ccc(F)cc1. The molecule has 0 radical (unpaired) electrons. The summed E-state index contributed by atoms with van der Waals surface area (Å²) in [6.07, 6.45) is 3.24. The number of aliphatic hydroxyl groups excluding tert-OH is 1. The van der Waals surface area contributed by atoms with E-state index in [0.717, 1.165) is 11.1 Å². The third kappa shape index (κ3) is 5.11. The Hall–Kier alpha value is -4.78. The molecular formula is C30H23FN2O4. The normalized spacial score (nSPS) is 16.7. The zero-order valence-corrected chi connectivity index (χ0v) is 19.8. The van der Waals surface area contributed by atoms with Crippen molar-refractivity contribution in [3.8, 4) is 5.75 Å². The van der Waals surface area contributed by atoms with E-state index in [-0.39, 0.29) is 23.4 Å². The molecule has 1 aromatic heterocycles. The molecule has 5 rings (SSSR count). The number of pyridine rings is 1. The molecule has 37 heavy (non-hydrogen) atoms. The molecule has 0 saturated carbocycles. The number of carbonyl (C=O) groups is 2. The van der Waals surface area contributed by atoms with E-state index in [2.05, 4.69) is 4.98 Å². The first-order valence-electron chi connectivity index (χ1n) is 11.7. The summed E-state index contributed by atoms with van der Waals surface area (Å²) in [5, 5.41) is 11.1. The first kappa shape index (κ1) is 23.9. The molecule has 4 aromatic rings. The lowest BCUT2D eigenvalue weighted by atomic mass is 9.95. The molecule has 184 valence electrons. The van der Waals surface area contributed by atoms with Gasteiger partial charge >= 0.3 is 0 Å². The maximum absolute atomic E-state index is 13.5. The molecule has 7 heteroatoms. The van der Waals surface area contributed by atoms with Crippen LogP contribution in [0.3, 0.4) is 0 Å². The minimum Gasteiger partial charge on any atom is -0.507 e. The molecular weight excluding hydrogens is 471 g/mol. The zero-order chi connectivity index (χ0) is 25.8. The van der Waals surface area contributed by atoms with Crippen molar-refractivity contribution in [1.82, 2.24) is 9.88 Å². The van der Waals surface area contributed by atoms with Crippen molar-refractivity contribution < 1.29 is 23.8 Å². The van der Waals surface area contributed by atoms with E-state index >= 15 is 0 Å². The minimum atomic E-state index is -0.853. The van der Waals surface area contributed by atoms with Gasteiger partial charge in [0.2, 0.25) is 0 Å². The number of ketones is 1. The standard InChI is InChI=1S/C30H23FN2O4/c31-24-12-8-23(9-13-24)28(34)26-27(33(30(36)29(26)35)18-21-7-4-16-32-17-21)22-10-14-25(15-11-22)37-19-20-5-2-1-3-6-20/h1-17,27,34H,18-19H2. The number of rotatable bonds is 7. The van der Waals surface area contributed by atoms with Crippen molar-refractivity contribution in [3.05, 3.63) is 137 Å². The van der Waals surface area contributed by atoms with E-state index < -0.39 is 23.5 Å². The van der Waals surface area contributed by atoms with E-state index in [9.17, 15) is 19.1 Å². The fourth-order valence-electron chi connectivity index (χ4n) is 4.33. The Morgan fingerprint density at radius 1 is 0.892 bits per heavy atom. The third-order valence-electron chi connectivity index (χ3n) is 6.18. The number of Topliss-reactive ketones (excluding diaryl/α,β-unsaturated/α-hetero) is 1. The van der Waals surface area contributed by atoms with Crippen LogP contribution in [0.4, 0.5) is 4.39 Å². The van der Waals surface area contributed by atoms with Crippen LogP contribution in [0.2, 0.25) is 0 Å².